The summed E-state index contributed by atoms with van der Waals surface area (Å²) < 4.78 is 2.52. The highest BCUT2D eigenvalue weighted by Gasteiger charge is 2.51. The summed E-state index contributed by atoms with van der Waals surface area (Å²) in [5, 5.41) is 2.57. The minimum Gasteiger partial charge on any atom is -0.310 e. The molecule has 0 saturated carbocycles. The topological polar surface area (TPSA) is 8.17 Å². The first-order chi connectivity index (χ1) is 34.3. The van der Waals surface area contributed by atoms with Gasteiger partial charge in [-0.2, -0.15) is 0 Å². The Bertz CT molecular complexity index is 3960. The van der Waals surface area contributed by atoms with E-state index in [1.807, 2.05) is 0 Å². The Balaban J connectivity index is 0.950. The molecule has 69 heavy (non-hydrogen) atoms. The summed E-state index contributed by atoms with van der Waals surface area (Å²) >= 11 is 0. The van der Waals surface area contributed by atoms with Gasteiger partial charge in [0.25, 0.3) is 0 Å². The van der Waals surface area contributed by atoms with Crippen molar-refractivity contribution >= 4 is 38.9 Å². The average molecular weight is 877 g/mol. The summed E-state index contributed by atoms with van der Waals surface area (Å²) in [6.45, 7) is 0. The molecule has 1 aliphatic carbocycles. The van der Waals surface area contributed by atoms with Gasteiger partial charge in [0.15, 0.2) is 0 Å². The molecule has 1 unspecified atom stereocenters. The summed E-state index contributed by atoms with van der Waals surface area (Å²) in [6.07, 6.45) is 0. The van der Waals surface area contributed by atoms with Crippen LogP contribution in [-0.4, -0.2) is 4.57 Å². The zero-order valence-corrected chi connectivity index (χ0v) is 37.8. The molecular formula is C67H44N2. The highest BCUT2D eigenvalue weighted by molar-refractivity contribution is 6.13. The van der Waals surface area contributed by atoms with E-state index >= 15 is 0 Å². The second-order valence-corrected chi connectivity index (χ2v) is 18.4. The fourth-order valence-corrected chi connectivity index (χ4v) is 11.9. The Labute approximate surface area is 402 Å². The van der Waals surface area contributed by atoms with Gasteiger partial charge in [-0.25, -0.2) is 0 Å². The minimum atomic E-state index is -0.509. The highest BCUT2D eigenvalue weighted by atomic mass is 15.1. The summed E-state index contributed by atoms with van der Waals surface area (Å²) in [7, 11) is 0. The first-order valence-electron chi connectivity index (χ1n) is 23.9. The van der Waals surface area contributed by atoms with Crippen LogP contribution in [0.5, 0.6) is 0 Å². The SMILES string of the molecule is c1ccc(-c2cccc(-c3ccccc3N(c3ccc(-c4cccc5c4-c4ccccc4C54c5ccccc5-n5c6ccccc6c6cccc4c65)cc3)c3cccc(-c4ccccc4)c3)c2)cc1. The third-order valence-corrected chi connectivity index (χ3v) is 14.8. The van der Waals surface area contributed by atoms with Crippen LogP contribution < -0.4 is 4.90 Å². The quantitative estimate of drug-likeness (QED) is 0.155. The number of aromatic nitrogens is 1. The summed E-state index contributed by atoms with van der Waals surface area (Å²) in [6, 6.07) is 98.5. The van der Waals surface area contributed by atoms with Crippen molar-refractivity contribution in [2.75, 3.05) is 4.90 Å². The number of hydrogen-bond acceptors (Lipinski definition) is 1. The predicted octanol–water partition coefficient (Wildman–Crippen LogP) is 17.6. The van der Waals surface area contributed by atoms with Crippen LogP contribution in [0.15, 0.2) is 267 Å². The molecule has 12 aromatic rings. The second-order valence-electron chi connectivity index (χ2n) is 18.4. The van der Waals surface area contributed by atoms with Crippen LogP contribution in [-0.2, 0) is 5.41 Å². The Morgan fingerprint density at radius 1 is 0.304 bits per heavy atom. The molecule has 1 atom stereocenters. The van der Waals surface area contributed by atoms with Gasteiger partial charge in [-0.1, -0.05) is 218 Å². The van der Waals surface area contributed by atoms with Crippen LogP contribution in [0.3, 0.4) is 0 Å². The predicted molar refractivity (Wildman–Crippen MR) is 288 cm³/mol. The minimum absolute atomic E-state index is 0.509. The van der Waals surface area contributed by atoms with E-state index < -0.39 is 5.41 Å². The van der Waals surface area contributed by atoms with Crippen molar-refractivity contribution in [3.63, 3.8) is 0 Å². The van der Waals surface area contributed by atoms with Gasteiger partial charge >= 0.3 is 0 Å². The van der Waals surface area contributed by atoms with Crippen LogP contribution in [0, 0.1) is 0 Å². The summed E-state index contributed by atoms with van der Waals surface area (Å²) in [5.41, 5.74) is 23.9. The lowest BCUT2D eigenvalue weighted by Crippen LogP contribution is -2.33. The summed E-state index contributed by atoms with van der Waals surface area (Å²) in [5.74, 6) is 0. The highest BCUT2D eigenvalue weighted by Crippen LogP contribution is 2.62. The maximum atomic E-state index is 2.52. The molecular weight excluding hydrogens is 833 g/mol. The smallest absolute Gasteiger partial charge is 0.0754 e. The Morgan fingerprint density at radius 2 is 0.855 bits per heavy atom. The lowest BCUT2D eigenvalue weighted by molar-refractivity contribution is 0.748. The van der Waals surface area contributed by atoms with E-state index in [9.17, 15) is 0 Å². The maximum Gasteiger partial charge on any atom is 0.0754 e. The summed E-state index contributed by atoms with van der Waals surface area (Å²) in [4.78, 5) is 2.43. The number of nitrogens with zero attached hydrogens (tertiary/aromatic N) is 2. The molecule has 2 aliphatic rings. The first kappa shape index (κ1) is 39.2. The van der Waals surface area contributed by atoms with Gasteiger partial charge in [0, 0.05) is 27.7 Å². The van der Waals surface area contributed by atoms with Gasteiger partial charge in [-0.15, -0.1) is 0 Å². The van der Waals surface area contributed by atoms with Gasteiger partial charge < -0.3 is 9.47 Å². The first-order valence-corrected chi connectivity index (χ1v) is 23.9. The van der Waals surface area contributed by atoms with Gasteiger partial charge in [0.1, 0.15) is 0 Å². The maximum absolute atomic E-state index is 2.52. The number of fused-ring (bicyclic) bond motifs is 12. The lowest BCUT2D eigenvalue weighted by atomic mass is 9.65. The molecule has 14 rings (SSSR count). The zero-order valence-electron chi connectivity index (χ0n) is 37.8. The molecule has 2 heterocycles. The molecule has 1 aliphatic heterocycles. The Kier molecular flexibility index (Phi) is 8.84. The fourth-order valence-electron chi connectivity index (χ4n) is 11.9. The van der Waals surface area contributed by atoms with Gasteiger partial charge in [-0.3, -0.25) is 0 Å². The molecule has 0 saturated heterocycles. The normalized spacial score (nSPS) is 14.1. The van der Waals surface area contributed by atoms with Crippen LogP contribution in [0.1, 0.15) is 22.3 Å². The lowest BCUT2D eigenvalue weighted by Gasteiger charge is -2.39. The number of hydrogen-bond donors (Lipinski definition) is 0. The van der Waals surface area contributed by atoms with Gasteiger partial charge in [0.05, 0.1) is 27.8 Å². The van der Waals surface area contributed by atoms with E-state index in [1.54, 1.807) is 0 Å². The molecule has 1 aromatic heterocycles. The Morgan fingerprint density at radius 3 is 1.67 bits per heavy atom. The van der Waals surface area contributed by atoms with E-state index in [4.69, 9.17) is 0 Å². The molecule has 2 heteroatoms. The third-order valence-electron chi connectivity index (χ3n) is 14.8. The standard InChI is InChI=1S/C67H44N2/c1-3-19-45(20-4-1)48-23-15-25-50(43-48)53-27-8-12-36-62(53)68(52-26-16-24-49(44-52)46-21-5-2-6-22-46)51-41-39-47(40-42-51)54-30-17-34-60-65(54)57-29-7-10-32-58(57)67(60)59-33-11-14-38-64(59)69-63-37-13-9-28-55(63)56-31-18-35-61(67)66(56)69/h1-44H. The molecule has 11 aromatic carbocycles. The number of para-hydroxylation sites is 4. The number of rotatable bonds is 7. The second kappa shape index (κ2) is 15.6. The molecule has 0 amide bonds. The van der Waals surface area contributed by atoms with Gasteiger partial charge in [0.2, 0.25) is 0 Å². The van der Waals surface area contributed by atoms with E-state index in [1.165, 1.54) is 99.8 Å². The van der Waals surface area contributed by atoms with Crippen LogP contribution in [0.2, 0.25) is 0 Å². The van der Waals surface area contributed by atoms with Crippen molar-refractivity contribution in [3.8, 4) is 61.3 Å². The number of anilines is 3. The van der Waals surface area contributed by atoms with Crippen LogP contribution in [0.4, 0.5) is 17.1 Å². The van der Waals surface area contributed by atoms with E-state index in [2.05, 4.69) is 276 Å². The zero-order chi connectivity index (χ0) is 45.5. The van der Waals surface area contributed by atoms with Crippen molar-refractivity contribution in [2.24, 2.45) is 0 Å². The molecule has 0 bridgehead atoms. The molecule has 2 nitrogen and oxygen atoms in total. The van der Waals surface area contributed by atoms with Crippen LogP contribution in [0.25, 0.3) is 83.1 Å². The number of benzene rings is 11. The van der Waals surface area contributed by atoms with E-state index in [0.717, 1.165) is 22.6 Å². The average Bonchev–Trinajstić information content (AvgIpc) is 3.93. The molecule has 0 N–H and O–H groups in total. The van der Waals surface area contributed by atoms with E-state index in [-0.39, 0.29) is 0 Å². The largest absolute Gasteiger partial charge is 0.310 e. The van der Waals surface area contributed by atoms with Crippen molar-refractivity contribution in [1.82, 2.24) is 4.57 Å². The molecule has 0 radical (unpaired) electrons. The van der Waals surface area contributed by atoms with Gasteiger partial charge in [-0.05, 0) is 121 Å². The van der Waals surface area contributed by atoms with Crippen LogP contribution >= 0.6 is 0 Å². The van der Waals surface area contributed by atoms with E-state index in [0.29, 0.717) is 0 Å². The fraction of sp³-hybridized carbons (Fsp3) is 0.0149. The molecule has 1 spiro atoms. The van der Waals surface area contributed by atoms with Crippen molar-refractivity contribution in [1.29, 1.82) is 0 Å². The van der Waals surface area contributed by atoms with Crippen molar-refractivity contribution in [3.05, 3.63) is 289 Å². The third kappa shape index (κ3) is 5.86. The Hall–Kier alpha value is -8.98. The monoisotopic (exact) mass is 876 g/mol. The molecule has 0 fully saturated rings. The molecule has 322 valence electrons. The van der Waals surface area contributed by atoms with Crippen molar-refractivity contribution in [2.45, 2.75) is 5.41 Å². The van der Waals surface area contributed by atoms with Crippen molar-refractivity contribution < 1.29 is 0 Å².